The van der Waals surface area contributed by atoms with E-state index in [1.165, 1.54) is 35.9 Å². The van der Waals surface area contributed by atoms with Crippen LogP contribution in [0.4, 0.5) is 11.6 Å². The first kappa shape index (κ1) is 49.4. The highest BCUT2D eigenvalue weighted by atomic mass is 35.5. The molecule has 0 atom stereocenters. The summed E-state index contributed by atoms with van der Waals surface area (Å²) in [6, 6.07) is 40.5. The summed E-state index contributed by atoms with van der Waals surface area (Å²) in [4.78, 5) is 66.2. The monoisotopic (exact) mass is 922 g/mol. The summed E-state index contributed by atoms with van der Waals surface area (Å²) in [5.74, 6) is -0.162. The number of nitrogens with two attached hydrogens (primary N) is 2. The molecule has 348 valence electrons. The summed E-state index contributed by atoms with van der Waals surface area (Å²) in [5.41, 5.74) is 16.3. The van der Waals surface area contributed by atoms with E-state index in [1.54, 1.807) is 0 Å². The molecule has 67 heavy (non-hydrogen) atoms. The Morgan fingerprint density at radius 2 is 0.940 bits per heavy atom. The fraction of sp³-hybridized carbons (Fsp3) is 0.308. The number of nitrogen functional groups attached to an aromatic ring is 2. The number of nitrogens with zero attached hydrogens (tertiary/aromatic N) is 5. The summed E-state index contributed by atoms with van der Waals surface area (Å²) >= 11 is 5.19. The summed E-state index contributed by atoms with van der Waals surface area (Å²) < 4.78 is 0. The van der Waals surface area contributed by atoms with Crippen molar-refractivity contribution in [1.82, 2.24) is 40.8 Å². The summed E-state index contributed by atoms with van der Waals surface area (Å²) in [6.07, 6.45) is 11.8. The molecule has 2 aromatic heterocycles. The number of aryl methyl sites for hydroxylation is 2. The number of halogens is 1. The van der Waals surface area contributed by atoms with Gasteiger partial charge in [0.15, 0.2) is 23.0 Å². The molecule has 6 aromatic rings. The van der Waals surface area contributed by atoms with Crippen molar-refractivity contribution < 1.29 is 19.2 Å². The van der Waals surface area contributed by atoms with Crippen LogP contribution in [0.3, 0.4) is 0 Å². The Morgan fingerprint density at radius 3 is 1.36 bits per heavy atom. The van der Waals surface area contributed by atoms with Crippen LogP contribution in [0.1, 0.15) is 81.8 Å². The topological polar surface area (TPSA) is 211 Å². The van der Waals surface area contributed by atoms with Gasteiger partial charge in [0.2, 0.25) is 11.1 Å². The van der Waals surface area contributed by atoms with Gasteiger partial charge in [-0.05, 0) is 85.5 Å². The maximum absolute atomic E-state index is 12.8. The average molecular weight is 924 g/mol. The van der Waals surface area contributed by atoms with Crippen molar-refractivity contribution in [2.45, 2.75) is 62.2 Å². The minimum atomic E-state index is -0.336. The summed E-state index contributed by atoms with van der Waals surface area (Å²) in [5, 5.41) is 9.13. The van der Waals surface area contributed by atoms with Crippen LogP contribution in [-0.4, -0.2) is 87.1 Å². The zero-order chi connectivity index (χ0) is 47.3. The third-order valence-electron chi connectivity index (χ3n) is 12.4. The first-order chi connectivity index (χ1) is 32.6. The summed E-state index contributed by atoms with van der Waals surface area (Å²) in [6.45, 7) is 4.21. The first-order valence-electron chi connectivity index (χ1n) is 22.6. The number of amides is 3. The van der Waals surface area contributed by atoms with Crippen LogP contribution >= 0.6 is 11.6 Å². The Balaban J connectivity index is 0.000000188. The number of piperidine rings is 2. The number of benzene rings is 4. The molecule has 7 N–H and O–H groups in total. The predicted octanol–water partition coefficient (Wildman–Crippen LogP) is 6.48. The fourth-order valence-corrected chi connectivity index (χ4v) is 8.56. The third kappa shape index (κ3) is 14.5. The van der Waals surface area contributed by atoms with Crippen LogP contribution in [0.2, 0.25) is 0 Å². The number of likely N-dealkylation sites (tertiary alicyclic amines) is 1. The molecule has 0 radical (unpaired) electrons. The Morgan fingerprint density at radius 1 is 0.552 bits per heavy atom. The molecule has 2 saturated heterocycles. The second-order valence-corrected chi connectivity index (χ2v) is 17.1. The van der Waals surface area contributed by atoms with Crippen LogP contribution in [-0.2, 0) is 33.3 Å². The van der Waals surface area contributed by atoms with E-state index in [9.17, 15) is 19.2 Å². The van der Waals surface area contributed by atoms with E-state index in [2.05, 4.69) is 72.3 Å². The Bertz CT molecular complexity index is 2490. The second kappa shape index (κ2) is 25.0. The molecular formula is C52H59ClN10O4. The quantitative estimate of drug-likeness (QED) is 0.0747. The minimum Gasteiger partial charge on any atom is -0.382 e. The van der Waals surface area contributed by atoms with Gasteiger partial charge in [-0.3, -0.25) is 19.2 Å². The molecule has 14 nitrogen and oxygen atoms in total. The van der Waals surface area contributed by atoms with Crippen molar-refractivity contribution in [2.75, 3.05) is 50.7 Å². The third-order valence-corrected chi connectivity index (χ3v) is 12.6. The maximum atomic E-state index is 12.8. The highest BCUT2D eigenvalue weighted by Crippen LogP contribution is 2.36. The van der Waals surface area contributed by atoms with E-state index in [0.717, 1.165) is 62.7 Å². The van der Waals surface area contributed by atoms with Crippen LogP contribution < -0.4 is 27.4 Å². The standard InChI is InChI=1S/C26H29N5O2.C17H21N5O.C9H9ClO/c27-24-23(28-15-16-29-24)25(33)30-19-26(21-9-5-2-6-10-21)13-17-31(18-14-26)22(32)12-11-20-7-3-1-4-8-20;18-15-14(20-10-11-21-15)16(23)22-12-17(6-8-19-9-7-17)13-4-2-1-3-5-13;10-9(11)7-6-8-4-2-1-3-5-8/h1-10,15-16H,11-14,17-19H2,(H2,27,29)(H,30,33);1-5,10-11,19H,6-9,12H2,(H2,18,21)(H,22,23);1-5H,6-7H2. The van der Waals surface area contributed by atoms with Crippen molar-refractivity contribution in [3.63, 3.8) is 0 Å². The number of aromatic nitrogens is 4. The smallest absolute Gasteiger partial charge is 0.273 e. The van der Waals surface area contributed by atoms with E-state index < -0.39 is 0 Å². The molecular weight excluding hydrogens is 864 g/mol. The van der Waals surface area contributed by atoms with Crippen LogP contribution in [0.25, 0.3) is 0 Å². The molecule has 2 aliphatic heterocycles. The lowest BCUT2D eigenvalue weighted by Gasteiger charge is -2.42. The predicted molar refractivity (Wildman–Crippen MR) is 262 cm³/mol. The van der Waals surface area contributed by atoms with Crippen molar-refractivity contribution in [3.8, 4) is 0 Å². The number of hydrogen-bond donors (Lipinski definition) is 5. The van der Waals surface area contributed by atoms with Gasteiger partial charge < -0.3 is 32.3 Å². The zero-order valence-electron chi connectivity index (χ0n) is 37.7. The number of carbonyl (C=O) groups excluding carboxylic acids is 4. The number of rotatable bonds is 14. The van der Waals surface area contributed by atoms with Gasteiger partial charge in [-0.2, -0.15) is 0 Å². The highest BCUT2D eigenvalue weighted by Gasteiger charge is 2.38. The van der Waals surface area contributed by atoms with E-state index in [-0.39, 0.29) is 56.8 Å². The number of carbonyl (C=O) groups is 4. The molecule has 8 rings (SSSR count). The zero-order valence-corrected chi connectivity index (χ0v) is 38.4. The molecule has 0 spiro atoms. The van der Waals surface area contributed by atoms with Crippen molar-refractivity contribution in [1.29, 1.82) is 0 Å². The molecule has 0 unspecified atom stereocenters. The van der Waals surface area contributed by atoms with E-state index in [0.29, 0.717) is 39.0 Å². The number of hydrogen-bond acceptors (Lipinski definition) is 11. The minimum absolute atomic E-state index is 0.0564. The van der Waals surface area contributed by atoms with Gasteiger partial charge in [0.1, 0.15) is 0 Å². The largest absolute Gasteiger partial charge is 0.382 e. The van der Waals surface area contributed by atoms with E-state index in [4.69, 9.17) is 23.1 Å². The molecule has 15 heteroatoms. The van der Waals surface area contributed by atoms with Crippen molar-refractivity contribution in [3.05, 3.63) is 180 Å². The molecule has 2 fully saturated rings. The molecule has 0 aliphatic carbocycles. The number of nitrogens with one attached hydrogen (secondary N) is 3. The average Bonchev–Trinajstić information content (AvgIpc) is 3.38. The Labute approximate surface area is 397 Å². The van der Waals surface area contributed by atoms with Gasteiger partial charge in [0.05, 0.1) is 0 Å². The SMILES string of the molecule is Nc1nccnc1C(=O)NCC1(c2ccccc2)CCN(C(=O)CCc2ccccc2)CC1.Nc1nccnc1C(=O)NCC1(c2ccccc2)CCNCC1.O=C(Cl)CCc1ccccc1. The normalized spacial score (nSPS) is 14.7. The van der Waals surface area contributed by atoms with Gasteiger partial charge in [0, 0.05) is 74.6 Å². The first-order valence-corrected chi connectivity index (χ1v) is 23.0. The summed E-state index contributed by atoms with van der Waals surface area (Å²) in [7, 11) is 0. The van der Waals surface area contributed by atoms with Crippen molar-refractivity contribution >= 4 is 46.2 Å². The van der Waals surface area contributed by atoms with Crippen LogP contribution in [0.5, 0.6) is 0 Å². The molecule has 2 aliphatic rings. The van der Waals surface area contributed by atoms with Crippen LogP contribution in [0.15, 0.2) is 146 Å². The van der Waals surface area contributed by atoms with Crippen molar-refractivity contribution in [2.24, 2.45) is 0 Å². The van der Waals surface area contributed by atoms with Gasteiger partial charge >= 0.3 is 0 Å². The second-order valence-electron chi connectivity index (χ2n) is 16.7. The van der Waals surface area contributed by atoms with Gasteiger partial charge in [-0.1, -0.05) is 121 Å². The van der Waals surface area contributed by atoms with Gasteiger partial charge in [-0.15, -0.1) is 0 Å². The molecule has 4 heterocycles. The van der Waals surface area contributed by atoms with E-state index in [1.807, 2.05) is 89.8 Å². The lowest BCUT2D eigenvalue weighted by Crippen LogP contribution is -2.50. The highest BCUT2D eigenvalue weighted by molar-refractivity contribution is 6.63. The van der Waals surface area contributed by atoms with E-state index >= 15 is 0 Å². The Kier molecular flexibility index (Phi) is 18.5. The lowest BCUT2D eigenvalue weighted by molar-refractivity contribution is -0.132. The lowest BCUT2D eigenvalue weighted by atomic mass is 9.72. The fourth-order valence-electron chi connectivity index (χ4n) is 8.46. The number of anilines is 2. The molecule has 0 saturated carbocycles. The molecule has 4 aromatic carbocycles. The van der Waals surface area contributed by atoms with Crippen LogP contribution in [0, 0.1) is 0 Å². The molecule has 0 bridgehead atoms. The van der Waals surface area contributed by atoms with Gasteiger partial charge in [0.25, 0.3) is 11.8 Å². The molecule has 3 amide bonds. The van der Waals surface area contributed by atoms with Gasteiger partial charge in [-0.25, -0.2) is 19.9 Å². The Hall–Kier alpha value is -7.03. The maximum Gasteiger partial charge on any atom is 0.273 e.